The van der Waals surface area contributed by atoms with Crippen molar-refractivity contribution in [2.24, 2.45) is 0 Å². The quantitative estimate of drug-likeness (QED) is 0.895. The van der Waals surface area contributed by atoms with E-state index in [1.165, 1.54) is 0 Å². The summed E-state index contributed by atoms with van der Waals surface area (Å²) in [4.78, 5) is 2.06. The average molecular weight is 290 g/mol. The highest BCUT2D eigenvalue weighted by Gasteiger charge is 2.33. The summed E-state index contributed by atoms with van der Waals surface area (Å²) in [7, 11) is 3.96. The molecule has 0 heterocycles. The third kappa shape index (κ3) is 3.39. The van der Waals surface area contributed by atoms with Crippen molar-refractivity contribution in [2.45, 2.75) is 38.3 Å². The predicted molar refractivity (Wildman–Crippen MR) is 78.6 cm³/mol. The lowest BCUT2D eigenvalue weighted by Crippen LogP contribution is -2.51. The van der Waals surface area contributed by atoms with Gasteiger partial charge in [-0.2, -0.15) is 0 Å². The van der Waals surface area contributed by atoms with E-state index in [2.05, 4.69) is 18.7 Å². The van der Waals surface area contributed by atoms with Crippen molar-refractivity contribution in [3.63, 3.8) is 0 Å². The second-order valence-corrected chi connectivity index (χ2v) is 5.90. The number of aliphatic hydroxyl groups excluding tert-OH is 1. The molecule has 0 radical (unpaired) electrons. The van der Waals surface area contributed by atoms with Crippen LogP contribution in [0, 0.1) is 0 Å². The molecule has 1 aromatic rings. The second kappa shape index (κ2) is 6.25. The molecule has 2 atom stereocenters. The first-order valence-corrected chi connectivity index (χ1v) is 6.86. The zero-order chi connectivity index (χ0) is 13.9. The van der Waals surface area contributed by atoms with Crippen LogP contribution in [0.4, 0.5) is 0 Å². The monoisotopic (exact) mass is 289 g/mol. The lowest BCUT2D eigenvalue weighted by atomic mass is 9.86. The van der Waals surface area contributed by atoms with Crippen LogP contribution in [-0.2, 0) is 6.42 Å². The molecule has 0 aliphatic heterocycles. The van der Waals surface area contributed by atoms with Gasteiger partial charge in [-0.15, -0.1) is 0 Å². The van der Waals surface area contributed by atoms with Crippen molar-refractivity contribution in [3.05, 3.63) is 33.8 Å². The first kappa shape index (κ1) is 15.8. The fourth-order valence-corrected chi connectivity index (χ4v) is 2.45. The van der Waals surface area contributed by atoms with Crippen LogP contribution in [-0.4, -0.2) is 35.7 Å². The predicted octanol–water partition coefficient (Wildman–Crippen LogP) is 3.63. The summed E-state index contributed by atoms with van der Waals surface area (Å²) in [5, 5.41) is 11.7. The first-order valence-electron chi connectivity index (χ1n) is 6.10. The van der Waals surface area contributed by atoms with Crippen molar-refractivity contribution in [1.82, 2.24) is 4.90 Å². The Balaban J connectivity index is 2.89. The number of halogens is 2. The van der Waals surface area contributed by atoms with Crippen molar-refractivity contribution < 1.29 is 5.11 Å². The summed E-state index contributed by atoms with van der Waals surface area (Å²) < 4.78 is 0. The Morgan fingerprint density at radius 1 is 1.33 bits per heavy atom. The van der Waals surface area contributed by atoms with Crippen LogP contribution in [0.2, 0.25) is 10.0 Å². The molecule has 0 aromatic heterocycles. The van der Waals surface area contributed by atoms with Gasteiger partial charge in [0.2, 0.25) is 0 Å². The van der Waals surface area contributed by atoms with E-state index >= 15 is 0 Å². The molecule has 0 amide bonds. The van der Waals surface area contributed by atoms with Gasteiger partial charge in [-0.3, -0.25) is 0 Å². The minimum atomic E-state index is -0.476. The third-order valence-electron chi connectivity index (χ3n) is 3.88. The van der Waals surface area contributed by atoms with Gasteiger partial charge < -0.3 is 10.0 Å². The van der Waals surface area contributed by atoms with Crippen molar-refractivity contribution in [3.8, 4) is 0 Å². The van der Waals surface area contributed by atoms with Gasteiger partial charge in [0.25, 0.3) is 0 Å². The number of aliphatic hydroxyl groups is 1. The molecule has 0 aliphatic rings. The number of hydrogen-bond donors (Lipinski definition) is 1. The molecule has 0 bridgehead atoms. The molecule has 4 heteroatoms. The van der Waals surface area contributed by atoms with Crippen LogP contribution in [0.1, 0.15) is 25.8 Å². The van der Waals surface area contributed by atoms with Gasteiger partial charge in [0.05, 0.1) is 6.10 Å². The topological polar surface area (TPSA) is 23.5 Å². The van der Waals surface area contributed by atoms with Crippen molar-refractivity contribution in [2.75, 3.05) is 14.1 Å². The van der Waals surface area contributed by atoms with Gasteiger partial charge >= 0.3 is 0 Å². The third-order valence-corrected chi connectivity index (χ3v) is 4.47. The molecular formula is C14H21Cl2NO. The van der Waals surface area contributed by atoms with Crippen LogP contribution in [0.3, 0.4) is 0 Å². The van der Waals surface area contributed by atoms with Gasteiger partial charge in [0, 0.05) is 22.0 Å². The van der Waals surface area contributed by atoms with Crippen molar-refractivity contribution >= 4 is 23.2 Å². The Bertz CT molecular complexity index is 409. The molecule has 0 spiro atoms. The maximum absolute atomic E-state index is 10.5. The average Bonchev–Trinajstić information content (AvgIpc) is 2.31. The first-order chi connectivity index (χ1) is 8.31. The Hall–Kier alpha value is -0.280. The van der Waals surface area contributed by atoms with Gasteiger partial charge in [0.1, 0.15) is 0 Å². The van der Waals surface area contributed by atoms with E-state index in [9.17, 15) is 5.11 Å². The lowest BCUT2D eigenvalue weighted by Gasteiger charge is -2.40. The molecule has 102 valence electrons. The molecule has 0 saturated heterocycles. The Labute approximate surface area is 120 Å². The fraction of sp³-hybridized carbons (Fsp3) is 0.571. The summed E-state index contributed by atoms with van der Waals surface area (Å²) in [5.74, 6) is 0. The fourth-order valence-electron chi connectivity index (χ4n) is 1.97. The van der Waals surface area contributed by atoms with E-state index in [1.54, 1.807) is 12.1 Å². The maximum atomic E-state index is 10.5. The highest BCUT2D eigenvalue weighted by Crippen LogP contribution is 2.27. The van der Waals surface area contributed by atoms with Crippen LogP contribution >= 0.6 is 23.2 Å². The van der Waals surface area contributed by atoms with Gasteiger partial charge in [-0.1, -0.05) is 36.2 Å². The number of likely N-dealkylation sites (N-methyl/N-ethyl adjacent to an activating group) is 1. The molecule has 0 aliphatic carbocycles. The van der Waals surface area contributed by atoms with Crippen LogP contribution in [0.15, 0.2) is 18.2 Å². The zero-order valence-corrected chi connectivity index (χ0v) is 12.9. The van der Waals surface area contributed by atoms with E-state index in [4.69, 9.17) is 23.2 Å². The second-order valence-electron chi connectivity index (χ2n) is 5.06. The lowest BCUT2D eigenvalue weighted by molar-refractivity contribution is 0.00302. The summed E-state index contributed by atoms with van der Waals surface area (Å²) in [6.45, 7) is 4.13. The number of nitrogens with zero attached hydrogens (tertiary/aromatic N) is 1. The molecule has 1 rings (SSSR count). The summed E-state index contributed by atoms with van der Waals surface area (Å²) in [5.41, 5.74) is 0.665. The van der Waals surface area contributed by atoms with Gasteiger partial charge in [0.15, 0.2) is 0 Å². The zero-order valence-electron chi connectivity index (χ0n) is 11.4. The largest absolute Gasteiger partial charge is 0.391 e. The Kier molecular flexibility index (Phi) is 5.47. The van der Waals surface area contributed by atoms with Crippen LogP contribution in [0.5, 0.6) is 0 Å². The maximum Gasteiger partial charge on any atom is 0.0761 e. The standard InChI is InChI=1S/C14H21Cl2NO/c1-5-14(2,17(3)4)13(18)8-10-6-7-11(15)9-12(10)16/h6-7,9,13,18H,5,8H2,1-4H3. The Morgan fingerprint density at radius 3 is 2.39 bits per heavy atom. The van der Waals surface area contributed by atoms with E-state index in [1.807, 2.05) is 20.2 Å². The molecule has 0 saturated carbocycles. The van der Waals surface area contributed by atoms with E-state index in [0.717, 1.165) is 12.0 Å². The smallest absolute Gasteiger partial charge is 0.0761 e. The molecule has 1 aromatic carbocycles. The number of hydrogen-bond acceptors (Lipinski definition) is 2. The minimum absolute atomic E-state index is 0.261. The van der Waals surface area contributed by atoms with E-state index < -0.39 is 6.10 Å². The molecule has 0 fully saturated rings. The number of benzene rings is 1. The molecular weight excluding hydrogens is 269 g/mol. The highest BCUT2D eigenvalue weighted by molar-refractivity contribution is 6.35. The summed E-state index contributed by atoms with van der Waals surface area (Å²) in [6, 6.07) is 5.39. The van der Waals surface area contributed by atoms with E-state index in [0.29, 0.717) is 16.5 Å². The molecule has 2 unspecified atom stereocenters. The highest BCUT2D eigenvalue weighted by atomic mass is 35.5. The van der Waals surface area contributed by atoms with Crippen molar-refractivity contribution in [1.29, 1.82) is 0 Å². The molecule has 2 nitrogen and oxygen atoms in total. The number of rotatable bonds is 5. The van der Waals surface area contributed by atoms with Gasteiger partial charge in [-0.25, -0.2) is 0 Å². The van der Waals surface area contributed by atoms with E-state index in [-0.39, 0.29) is 5.54 Å². The molecule has 1 N–H and O–H groups in total. The summed E-state index contributed by atoms with van der Waals surface area (Å²) >= 11 is 12.0. The Morgan fingerprint density at radius 2 is 1.94 bits per heavy atom. The molecule has 18 heavy (non-hydrogen) atoms. The van der Waals surface area contributed by atoms with Crippen LogP contribution < -0.4 is 0 Å². The van der Waals surface area contributed by atoms with Crippen LogP contribution in [0.25, 0.3) is 0 Å². The normalized spacial score (nSPS) is 16.7. The van der Waals surface area contributed by atoms with Gasteiger partial charge in [-0.05, 0) is 45.1 Å². The SMILES string of the molecule is CCC(C)(C(O)Cc1ccc(Cl)cc1Cl)N(C)C. The minimum Gasteiger partial charge on any atom is -0.391 e. The summed E-state index contributed by atoms with van der Waals surface area (Å²) in [6.07, 6.45) is 0.918.